The number of methoxy groups -OCH3 is 1. The third-order valence-electron chi connectivity index (χ3n) is 9.35. The second-order valence-corrected chi connectivity index (χ2v) is 12.6. The van der Waals surface area contributed by atoms with Crippen LogP contribution >= 0.6 is 12.2 Å². The maximum atomic E-state index is 12.9. The lowest BCUT2D eigenvalue weighted by Gasteiger charge is -2.56. The molecule has 0 aromatic heterocycles. The Balaban J connectivity index is 0.966. The summed E-state index contributed by atoms with van der Waals surface area (Å²) in [7, 11) is 1.62. The van der Waals surface area contributed by atoms with E-state index in [0.717, 1.165) is 48.0 Å². The molecule has 4 bridgehead atoms. The van der Waals surface area contributed by atoms with Gasteiger partial charge >= 0.3 is 0 Å². The molecule has 2 N–H and O–H groups in total. The summed E-state index contributed by atoms with van der Waals surface area (Å²) in [4.78, 5) is 30.0. The van der Waals surface area contributed by atoms with Crippen LogP contribution < -0.4 is 20.3 Å². The fourth-order valence-corrected chi connectivity index (χ4v) is 8.25. The summed E-state index contributed by atoms with van der Waals surface area (Å²) in [5, 5.41) is 6.49. The van der Waals surface area contributed by atoms with E-state index in [9.17, 15) is 9.59 Å². The van der Waals surface area contributed by atoms with Crippen molar-refractivity contribution in [3.63, 3.8) is 0 Å². The molecule has 2 aromatic carbocycles. The van der Waals surface area contributed by atoms with Crippen LogP contribution in [-0.2, 0) is 4.79 Å². The molecule has 0 unspecified atom stereocenters. The normalized spacial score (nSPS) is 27.3. The molecule has 39 heavy (non-hydrogen) atoms. The number of carbonyl (C=O) groups excluding carboxylic acids is 2. The number of thiocarbonyl (C=S) groups is 1. The quantitative estimate of drug-likeness (QED) is 0.493. The molecule has 1 heterocycles. The highest BCUT2D eigenvalue weighted by atomic mass is 32.1. The largest absolute Gasteiger partial charge is 0.497 e. The lowest BCUT2D eigenvalue weighted by molar-refractivity contribution is -0.127. The SMILES string of the molecule is COc1ccc(C(=O)N2CCN(c3ccc(NC(=S)NC(=O)CC45CC6CC(CC(C6)C4)C5)cc3)CC2)cc1. The highest BCUT2D eigenvalue weighted by molar-refractivity contribution is 7.80. The van der Waals surface area contributed by atoms with Gasteiger partial charge in [-0.05, 0) is 122 Å². The van der Waals surface area contributed by atoms with Crippen molar-refractivity contribution in [2.75, 3.05) is 43.5 Å². The third kappa shape index (κ3) is 5.76. The fraction of sp³-hybridized carbons (Fsp3) is 0.516. The van der Waals surface area contributed by atoms with Crippen LogP contribution in [0, 0.1) is 23.2 Å². The number of nitrogens with zero attached hydrogens (tertiary/aromatic N) is 2. The molecule has 1 saturated heterocycles. The van der Waals surface area contributed by atoms with Crippen molar-refractivity contribution in [3.05, 3.63) is 54.1 Å². The molecule has 7 rings (SSSR count). The number of piperazine rings is 1. The molecular formula is C31H38N4O3S. The van der Waals surface area contributed by atoms with Gasteiger partial charge < -0.3 is 25.2 Å². The molecule has 4 aliphatic carbocycles. The van der Waals surface area contributed by atoms with Crippen molar-refractivity contribution in [1.29, 1.82) is 0 Å². The second-order valence-electron chi connectivity index (χ2n) is 12.2. The molecule has 2 amide bonds. The summed E-state index contributed by atoms with van der Waals surface area (Å²) in [5.41, 5.74) is 2.85. The van der Waals surface area contributed by atoms with Crippen LogP contribution in [0.5, 0.6) is 5.75 Å². The van der Waals surface area contributed by atoms with E-state index in [4.69, 9.17) is 17.0 Å². The van der Waals surface area contributed by atoms with Crippen LogP contribution in [0.25, 0.3) is 0 Å². The number of ether oxygens (including phenoxy) is 1. The van der Waals surface area contributed by atoms with E-state index in [1.807, 2.05) is 41.3 Å². The van der Waals surface area contributed by atoms with E-state index in [2.05, 4.69) is 27.7 Å². The van der Waals surface area contributed by atoms with Crippen LogP contribution in [-0.4, -0.2) is 55.1 Å². The highest BCUT2D eigenvalue weighted by Gasteiger charge is 2.51. The first-order valence-electron chi connectivity index (χ1n) is 14.3. The Morgan fingerprint density at radius 1 is 0.897 bits per heavy atom. The Bertz CT molecular complexity index is 1190. The Hall–Kier alpha value is -3.13. The van der Waals surface area contributed by atoms with Crippen LogP contribution in [0.4, 0.5) is 11.4 Å². The van der Waals surface area contributed by atoms with Crippen molar-refractivity contribution in [2.45, 2.75) is 44.9 Å². The lowest BCUT2D eigenvalue weighted by Crippen LogP contribution is -2.48. The molecule has 4 saturated carbocycles. The summed E-state index contributed by atoms with van der Waals surface area (Å²) < 4.78 is 5.19. The molecule has 0 radical (unpaired) electrons. The van der Waals surface area contributed by atoms with Crippen molar-refractivity contribution in [3.8, 4) is 5.75 Å². The lowest BCUT2D eigenvalue weighted by atomic mass is 9.49. The minimum absolute atomic E-state index is 0.0492. The fourth-order valence-electron chi connectivity index (χ4n) is 8.02. The summed E-state index contributed by atoms with van der Waals surface area (Å²) in [6.45, 7) is 2.89. The van der Waals surface area contributed by atoms with Crippen LogP contribution in [0.2, 0.25) is 0 Å². The number of anilines is 2. The predicted molar refractivity (Wildman–Crippen MR) is 157 cm³/mol. The van der Waals surface area contributed by atoms with E-state index >= 15 is 0 Å². The maximum absolute atomic E-state index is 12.9. The average molecular weight is 547 g/mol. The van der Waals surface area contributed by atoms with Gasteiger partial charge in [0, 0.05) is 49.5 Å². The predicted octanol–water partition coefficient (Wildman–Crippen LogP) is 5.08. The first-order chi connectivity index (χ1) is 18.9. The second kappa shape index (κ2) is 10.8. The first kappa shape index (κ1) is 26.1. The molecule has 7 nitrogen and oxygen atoms in total. The zero-order valence-electron chi connectivity index (χ0n) is 22.7. The van der Waals surface area contributed by atoms with E-state index in [1.54, 1.807) is 7.11 Å². The number of nitrogens with one attached hydrogen (secondary N) is 2. The molecule has 0 spiro atoms. The third-order valence-corrected chi connectivity index (χ3v) is 9.55. The Labute approximate surface area is 236 Å². The molecule has 0 atom stereocenters. The van der Waals surface area contributed by atoms with E-state index in [0.29, 0.717) is 30.2 Å². The molecule has 5 fully saturated rings. The number of benzene rings is 2. The average Bonchev–Trinajstić information content (AvgIpc) is 2.92. The zero-order valence-corrected chi connectivity index (χ0v) is 23.5. The van der Waals surface area contributed by atoms with Crippen molar-refractivity contribution in [2.24, 2.45) is 23.2 Å². The maximum Gasteiger partial charge on any atom is 0.253 e. The first-order valence-corrected chi connectivity index (χ1v) is 14.7. The summed E-state index contributed by atoms with van der Waals surface area (Å²) in [5.74, 6) is 3.36. The van der Waals surface area contributed by atoms with Gasteiger partial charge in [-0.3, -0.25) is 9.59 Å². The smallest absolute Gasteiger partial charge is 0.253 e. The molecule has 8 heteroatoms. The molecule has 1 aliphatic heterocycles. The van der Waals surface area contributed by atoms with Gasteiger partial charge in [-0.25, -0.2) is 0 Å². The monoisotopic (exact) mass is 546 g/mol. The number of carbonyl (C=O) groups is 2. The van der Waals surface area contributed by atoms with Crippen molar-refractivity contribution in [1.82, 2.24) is 10.2 Å². The number of amides is 2. The topological polar surface area (TPSA) is 73.9 Å². The van der Waals surface area contributed by atoms with Crippen LogP contribution in [0.15, 0.2) is 48.5 Å². The van der Waals surface area contributed by atoms with E-state index < -0.39 is 0 Å². The molecular weight excluding hydrogens is 508 g/mol. The number of hydrogen-bond donors (Lipinski definition) is 2. The van der Waals surface area contributed by atoms with E-state index in [-0.39, 0.29) is 17.2 Å². The van der Waals surface area contributed by atoms with Gasteiger partial charge in [0.05, 0.1) is 7.11 Å². The van der Waals surface area contributed by atoms with E-state index in [1.165, 1.54) is 38.5 Å². The summed E-state index contributed by atoms with van der Waals surface area (Å²) in [6, 6.07) is 15.4. The van der Waals surface area contributed by atoms with Gasteiger partial charge in [-0.2, -0.15) is 0 Å². The molecule has 206 valence electrons. The zero-order chi connectivity index (χ0) is 27.0. The summed E-state index contributed by atoms with van der Waals surface area (Å²) in [6.07, 6.45) is 8.41. The minimum Gasteiger partial charge on any atom is -0.497 e. The molecule has 5 aliphatic rings. The van der Waals surface area contributed by atoms with Gasteiger partial charge in [0.25, 0.3) is 5.91 Å². The minimum atomic E-state index is 0.0492. The van der Waals surface area contributed by atoms with Crippen LogP contribution in [0.3, 0.4) is 0 Å². The Morgan fingerprint density at radius 2 is 1.49 bits per heavy atom. The highest BCUT2D eigenvalue weighted by Crippen LogP contribution is 2.61. The standard InChI is InChI=1S/C31H38N4O3S/c1-38-27-8-2-24(3-9-27)29(37)35-12-10-34(11-13-35)26-6-4-25(5-7-26)32-30(39)33-28(36)20-31-17-21-14-22(18-31)16-23(15-21)19-31/h2-9,21-23H,10-20H2,1H3,(H2,32,33,36,39). The van der Waals surface area contributed by atoms with Gasteiger partial charge in [0.2, 0.25) is 5.91 Å². The van der Waals surface area contributed by atoms with Gasteiger partial charge in [0.15, 0.2) is 5.11 Å². The van der Waals surface area contributed by atoms with Crippen molar-refractivity contribution < 1.29 is 14.3 Å². The van der Waals surface area contributed by atoms with Gasteiger partial charge in [-0.1, -0.05) is 0 Å². The van der Waals surface area contributed by atoms with Gasteiger partial charge in [-0.15, -0.1) is 0 Å². The summed E-state index contributed by atoms with van der Waals surface area (Å²) >= 11 is 5.47. The van der Waals surface area contributed by atoms with Gasteiger partial charge in [0.1, 0.15) is 5.75 Å². The van der Waals surface area contributed by atoms with Crippen LogP contribution in [0.1, 0.15) is 55.3 Å². The Kier molecular flexibility index (Phi) is 7.23. The van der Waals surface area contributed by atoms with Crippen molar-refractivity contribution >= 4 is 40.5 Å². The number of hydrogen-bond acceptors (Lipinski definition) is 5. The Morgan fingerprint density at radius 3 is 2.05 bits per heavy atom. The molecule has 2 aromatic rings. The number of rotatable bonds is 6.